The van der Waals surface area contributed by atoms with E-state index in [0.717, 1.165) is 24.8 Å². The predicted molar refractivity (Wildman–Crippen MR) is 70.1 cm³/mol. The molecule has 102 valence electrons. The Kier molecular flexibility index (Phi) is 3.33. The van der Waals surface area contributed by atoms with Crippen LogP contribution >= 0.6 is 0 Å². The van der Waals surface area contributed by atoms with E-state index in [0.29, 0.717) is 17.6 Å². The zero-order valence-electron chi connectivity index (χ0n) is 11.1. The molecule has 0 radical (unpaired) electrons. The van der Waals surface area contributed by atoms with Gasteiger partial charge < -0.3 is 10.3 Å². The Morgan fingerprint density at radius 2 is 2.26 bits per heavy atom. The molecule has 2 heterocycles. The van der Waals surface area contributed by atoms with E-state index in [4.69, 9.17) is 10.3 Å². The summed E-state index contributed by atoms with van der Waals surface area (Å²) >= 11 is 0. The molecular weight excluding hydrogens is 242 g/mol. The number of aryl methyl sites for hydroxylation is 1. The molecule has 0 saturated heterocycles. The third-order valence-electron chi connectivity index (χ3n) is 3.84. The normalized spacial score (nSPS) is 23.7. The Balaban J connectivity index is 1.71. The average Bonchev–Trinajstić information content (AvgIpc) is 3.01. The molecule has 1 aliphatic carbocycles. The minimum absolute atomic E-state index is 0.266. The summed E-state index contributed by atoms with van der Waals surface area (Å²) in [6.45, 7) is 0. The summed E-state index contributed by atoms with van der Waals surface area (Å²) in [7, 11) is 1.87. The van der Waals surface area contributed by atoms with Crippen LogP contribution in [-0.2, 0) is 13.5 Å². The number of rotatable bonds is 3. The Morgan fingerprint density at radius 1 is 1.42 bits per heavy atom. The topological polar surface area (TPSA) is 82.8 Å². The molecule has 0 bridgehead atoms. The number of nitrogens with zero attached hydrogens (tertiary/aromatic N) is 4. The van der Waals surface area contributed by atoms with Crippen LogP contribution in [0.25, 0.3) is 11.4 Å². The van der Waals surface area contributed by atoms with E-state index in [1.165, 1.54) is 12.8 Å². The molecule has 1 saturated carbocycles. The van der Waals surface area contributed by atoms with Crippen molar-refractivity contribution in [2.24, 2.45) is 18.7 Å². The Labute approximate surface area is 112 Å². The Hall–Kier alpha value is -1.69. The number of nitrogens with two attached hydrogens (primary N) is 1. The van der Waals surface area contributed by atoms with Crippen molar-refractivity contribution >= 4 is 0 Å². The predicted octanol–water partition coefficient (Wildman–Crippen LogP) is 1.53. The van der Waals surface area contributed by atoms with Gasteiger partial charge in [-0.3, -0.25) is 4.68 Å². The fraction of sp³-hybridized carbons (Fsp3) is 0.615. The fourth-order valence-electron chi connectivity index (χ4n) is 2.71. The lowest BCUT2D eigenvalue weighted by atomic mass is 9.83. The maximum atomic E-state index is 6.14. The summed E-state index contributed by atoms with van der Waals surface area (Å²) in [5.74, 6) is 1.75. The van der Waals surface area contributed by atoms with Crippen molar-refractivity contribution in [1.29, 1.82) is 0 Å². The molecule has 1 aliphatic rings. The van der Waals surface area contributed by atoms with Crippen LogP contribution in [0.4, 0.5) is 0 Å². The average molecular weight is 261 g/mol. The molecule has 0 spiro atoms. The maximum Gasteiger partial charge on any atom is 0.227 e. The second-order valence-corrected chi connectivity index (χ2v) is 5.33. The van der Waals surface area contributed by atoms with Crippen LogP contribution in [0.1, 0.15) is 31.6 Å². The van der Waals surface area contributed by atoms with E-state index in [2.05, 4.69) is 15.2 Å². The van der Waals surface area contributed by atoms with E-state index >= 15 is 0 Å². The van der Waals surface area contributed by atoms with Gasteiger partial charge in [0.2, 0.25) is 11.7 Å². The first-order chi connectivity index (χ1) is 9.22. The van der Waals surface area contributed by atoms with Gasteiger partial charge in [-0.05, 0) is 18.8 Å². The highest BCUT2D eigenvalue weighted by molar-refractivity contribution is 5.50. The Bertz CT molecular complexity index is 547. The molecule has 1 fully saturated rings. The first-order valence-electron chi connectivity index (χ1n) is 6.79. The minimum Gasteiger partial charge on any atom is -0.339 e. The van der Waals surface area contributed by atoms with Crippen LogP contribution in [0.15, 0.2) is 16.9 Å². The van der Waals surface area contributed by atoms with Gasteiger partial charge in [-0.25, -0.2) is 0 Å². The summed E-state index contributed by atoms with van der Waals surface area (Å²) in [5, 5.41) is 8.12. The maximum absolute atomic E-state index is 6.14. The SMILES string of the molecule is Cn1cc(-c2noc(CC3CCCCC3N)n2)cn1. The van der Waals surface area contributed by atoms with Gasteiger partial charge >= 0.3 is 0 Å². The zero-order chi connectivity index (χ0) is 13.2. The summed E-state index contributed by atoms with van der Waals surface area (Å²) in [6, 6.07) is 0.266. The number of hydrogen-bond donors (Lipinski definition) is 1. The standard InChI is InChI=1S/C13H19N5O/c1-18-8-10(7-15-18)13-16-12(19-17-13)6-9-4-2-3-5-11(9)14/h7-9,11H,2-6,14H2,1H3. The summed E-state index contributed by atoms with van der Waals surface area (Å²) in [4.78, 5) is 4.44. The van der Waals surface area contributed by atoms with Crippen molar-refractivity contribution in [3.05, 3.63) is 18.3 Å². The number of hydrogen-bond acceptors (Lipinski definition) is 5. The minimum atomic E-state index is 0.266. The van der Waals surface area contributed by atoms with Crippen molar-refractivity contribution in [2.45, 2.75) is 38.1 Å². The van der Waals surface area contributed by atoms with E-state index in [9.17, 15) is 0 Å². The third-order valence-corrected chi connectivity index (χ3v) is 3.84. The van der Waals surface area contributed by atoms with Gasteiger partial charge in [0.05, 0.1) is 11.8 Å². The van der Waals surface area contributed by atoms with Gasteiger partial charge in [-0.1, -0.05) is 18.0 Å². The van der Waals surface area contributed by atoms with Crippen molar-refractivity contribution in [3.8, 4) is 11.4 Å². The van der Waals surface area contributed by atoms with Gasteiger partial charge in [0.25, 0.3) is 0 Å². The fourth-order valence-corrected chi connectivity index (χ4v) is 2.71. The summed E-state index contributed by atoms with van der Waals surface area (Å²) in [5.41, 5.74) is 7.02. The van der Waals surface area contributed by atoms with E-state index in [1.807, 2.05) is 13.2 Å². The lowest BCUT2D eigenvalue weighted by molar-refractivity contribution is 0.273. The second kappa shape index (κ2) is 5.13. The van der Waals surface area contributed by atoms with Gasteiger partial charge in [-0.15, -0.1) is 0 Å². The lowest BCUT2D eigenvalue weighted by Crippen LogP contribution is -2.34. The molecule has 3 rings (SSSR count). The molecular formula is C13H19N5O. The molecule has 6 nitrogen and oxygen atoms in total. The molecule has 2 aromatic heterocycles. The van der Waals surface area contributed by atoms with Crippen LogP contribution in [0.3, 0.4) is 0 Å². The van der Waals surface area contributed by atoms with E-state index in [-0.39, 0.29) is 6.04 Å². The molecule has 19 heavy (non-hydrogen) atoms. The smallest absolute Gasteiger partial charge is 0.227 e. The van der Waals surface area contributed by atoms with Gasteiger partial charge in [0, 0.05) is 25.7 Å². The highest BCUT2D eigenvalue weighted by Gasteiger charge is 2.24. The van der Waals surface area contributed by atoms with Gasteiger partial charge in [0.15, 0.2) is 0 Å². The molecule has 0 aromatic carbocycles. The van der Waals surface area contributed by atoms with Crippen LogP contribution in [-0.4, -0.2) is 26.0 Å². The van der Waals surface area contributed by atoms with E-state index in [1.54, 1.807) is 10.9 Å². The van der Waals surface area contributed by atoms with E-state index < -0.39 is 0 Å². The second-order valence-electron chi connectivity index (χ2n) is 5.33. The van der Waals surface area contributed by atoms with Gasteiger partial charge in [0.1, 0.15) is 0 Å². The molecule has 2 unspecified atom stereocenters. The Morgan fingerprint density at radius 3 is 3.00 bits per heavy atom. The van der Waals surface area contributed by atoms with Gasteiger partial charge in [-0.2, -0.15) is 10.1 Å². The zero-order valence-corrected chi connectivity index (χ0v) is 11.1. The third kappa shape index (κ3) is 2.68. The molecule has 0 amide bonds. The largest absolute Gasteiger partial charge is 0.339 e. The molecule has 2 aromatic rings. The molecule has 6 heteroatoms. The van der Waals surface area contributed by atoms with Crippen molar-refractivity contribution in [3.63, 3.8) is 0 Å². The van der Waals surface area contributed by atoms with Crippen molar-refractivity contribution in [2.75, 3.05) is 0 Å². The van der Waals surface area contributed by atoms with Crippen molar-refractivity contribution < 1.29 is 4.52 Å². The summed E-state index contributed by atoms with van der Waals surface area (Å²) < 4.78 is 7.05. The highest BCUT2D eigenvalue weighted by Crippen LogP contribution is 2.26. The van der Waals surface area contributed by atoms with Crippen LogP contribution in [0, 0.1) is 5.92 Å². The first-order valence-corrected chi connectivity index (χ1v) is 6.79. The quantitative estimate of drug-likeness (QED) is 0.906. The first kappa shape index (κ1) is 12.3. The summed E-state index contributed by atoms with van der Waals surface area (Å²) in [6.07, 6.45) is 9.15. The number of aromatic nitrogens is 4. The van der Waals surface area contributed by atoms with Crippen LogP contribution in [0.2, 0.25) is 0 Å². The van der Waals surface area contributed by atoms with Crippen LogP contribution < -0.4 is 5.73 Å². The van der Waals surface area contributed by atoms with Crippen molar-refractivity contribution in [1.82, 2.24) is 19.9 Å². The van der Waals surface area contributed by atoms with Crippen LogP contribution in [0.5, 0.6) is 0 Å². The highest BCUT2D eigenvalue weighted by atomic mass is 16.5. The lowest BCUT2D eigenvalue weighted by Gasteiger charge is -2.27. The molecule has 0 aliphatic heterocycles. The monoisotopic (exact) mass is 261 g/mol. The molecule has 2 atom stereocenters. The molecule has 2 N–H and O–H groups in total.